The highest BCUT2D eigenvalue weighted by atomic mass is 35.5. The first-order valence-electron chi connectivity index (χ1n) is 5.66. The molecule has 0 bridgehead atoms. The molecule has 0 spiro atoms. The molecule has 0 heterocycles. The molecule has 0 saturated carbocycles. The van der Waals surface area contributed by atoms with Crippen LogP contribution in [0.5, 0.6) is 5.75 Å². The number of ether oxygens (including phenoxy) is 1. The van der Waals surface area contributed by atoms with E-state index in [1.54, 1.807) is 7.11 Å². The molecular weight excluding hydrogens is 220 g/mol. The number of halogens is 1. The fraction of sp³-hybridized carbons (Fsp3) is 0.429. The summed E-state index contributed by atoms with van der Waals surface area (Å²) >= 11 is 6.18. The van der Waals surface area contributed by atoms with Crippen LogP contribution in [-0.4, -0.2) is 7.11 Å². The van der Waals surface area contributed by atoms with Crippen LogP contribution < -0.4 is 4.74 Å². The van der Waals surface area contributed by atoms with Gasteiger partial charge in [0.15, 0.2) is 0 Å². The van der Waals surface area contributed by atoms with Crippen LogP contribution in [0.1, 0.15) is 25.8 Å². The quantitative estimate of drug-likeness (QED) is 0.687. The Hall–Kier alpha value is -0.950. The zero-order valence-electron chi connectivity index (χ0n) is 10.2. The van der Waals surface area contributed by atoms with E-state index in [2.05, 4.69) is 26.0 Å². The molecule has 16 heavy (non-hydrogen) atoms. The minimum Gasteiger partial charge on any atom is -0.497 e. The highest BCUT2D eigenvalue weighted by molar-refractivity contribution is 6.31. The van der Waals surface area contributed by atoms with Gasteiger partial charge < -0.3 is 4.74 Å². The maximum atomic E-state index is 6.18. The number of hydrogen-bond acceptors (Lipinski definition) is 1. The molecule has 1 nitrogen and oxygen atoms in total. The summed E-state index contributed by atoms with van der Waals surface area (Å²) in [4.78, 5) is 0. The van der Waals surface area contributed by atoms with E-state index in [1.807, 2.05) is 18.2 Å². The van der Waals surface area contributed by atoms with Gasteiger partial charge in [-0.15, -0.1) is 0 Å². The largest absolute Gasteiger partial charge is 0.497 e. The van der Waals surface area contributed by atoms with E-state index in [0.717, 1.165) is 23.6 Å². The van der Waals surface area contributed by atoms with Crippen molar-refractivity contribution in [3.63, 3.8) is 0 Å². The molecule has 88 valence electrons. The lowest BCUT2D eigenvalue weighted by molar-refractivity contribution is 0.414. The number of methoxy groups -OCH3 is 1. The number of rotatable bonds is 5. The van der Waals surface area contributed by atoms with Crippen molar-refractivity contribution in [3.8, 4) is 5.75 Å². The van der Waals surface area contributed by atoms with Crippen molar-refractivity contribution in [2.75, 3.05) is 7.11 Å². The molecule has 0 radical (unpaired) electrons. The Morgan fingerprint density at radius 1 is 1.44 bits per heavy atom. The van der Waals surface area contributed by atoms with Gasteiger partial charge in [0.2, 0.25) is 0 Å². The third-order valence-corrected chi connectivity index (χ3v) is 2.85. The summed E-state index contributed by atoms with van der Waals surface area (Å²) in [6.07, 6.45) is 6.49. The molecule has 1 rings (SSSR count). The first kappa shape index (κ1) is 13.1. The fourth-order valence-corrected chi connectivity index (χ4v) is 1.85. The molecule has 0 fully saturated rings. The normalized spacial score (nSPS) is 13.0. The molecule has 0 aliphatic heterocycles. The van der Waals surface area contributed by atoms with Crippen molar-refractivity contribution in [1.29, 1.82) is 0 Å². The van der Waals surface area contributed by atoms with Gasteiger partial charge >= 0.3 is 0 Å². The molecule has 0 amide bonds. The Morgan fingerprint density at radius 3 is 2.75 bits per heavy atom. The second kappa shape index (κ2) is 6.59. The molecule has 1 aromatic rings. The monoisotopic (exact) mass is 238 g/mol. The van der Waals surface area contributed by atoms with Crippen molar-refractivity contribution in [1.82, 2.24) is 0 Å². The summed E-state index contributed by atoms with van der Waals surface area (Å²) in [6, 6.07) is 5.86. The Bertz CT molecular complexity index is 358. The summed E-state index contributed by atoms with van der Waals surface area (Å²) in [5.41, 5.74) is 1.18. The lowest BCUT2D eigenvalue weighted by Gasteiger charge is -2.09. The molecule has 2 heteroatoms. The van der Waals surface area contributed by atoms with Gasteiger partial charge in [-0.3, -0.25) is 0 Å². The topological polar surface area (TPSA) is 9.23 Å². The zero-order chi connectivity index (χ0) is 12.0. The maximum Gasteiger partial charge on any atom is 0.120 e. The Morgan fingerprint density at radius 2 is 2.19 bits per heavy atom. The van der Waals surface area contributed by atoms with Crippen molar-refractivity contribution in [3.05, 3.63) is 40.9 Å². The van der Waals surface area contributed by atoms with Crippen molar-refractivity contribution < 1.29 is 4.74 Å². The van der Waals surface area contributed by atoms with Crippen LogP contribution in [0.4, 0.5) is 0 Å². The number of allylic oxidation sites excluding steroid dienone is 2. The van der Waals surface area contributed by atoms with Crippen LogP contribution in [-0.2, 0) is 6.42 Å². The van der Waals surface area contributed by atoms with Gasteiger partial charge in [-0.05, 0) is 36.5 Å². The van der Waals surface area contributed by atoms with Crippen molar-refractivity contribution >= 4 is 11.6 Å². The number of hydrogen-bond donors (Lipinski definition) is 0. The summed E-state index contributed by atoms with van der Waals surface area (Å²) in [5.74, 6) is 1.33. The first-order valence-corrected chi connectivity index (χ1v) is 6.04. The van der Waals surface area contributed by atoms with Crippen molar-refractivity contribution in [2.45, 2.75) is 26.7 Å². The fourth-order valence-electron chi connectivity index (χ4n) is 1.60. The second-order valence-corrected chi connectivity index (χ2v) is 4.38. The molecule has 1 unspecified atom stereocenters. The molecule has 0 aliphatic rings. The van der Waals surface area contributed by atoms with Crippen LogP contribution >= 0.6 is 11.6 Å². The smallest absolute Gasteiger partial charge is 0.120 e. The highest BCUT2D eigenvalue weighted by Crippen LogP contribution is 2.24. The van der Waals surface area contributed by atoms with Crippen LogP contribution in [0.15, 0.2) is 30.4 Å². The molecule has 0 saturated heterocycles. The zero-order valence-corrected chi connectivity index (χ0v) is 10.9. The van der Waals surface area contributed by atoms with Crippen LogP contribution in [0.3, 0.4) is 0 Å². The van der Waals surface area contributed by atoms with E-state index >= 15 is 0 Å². The van der Waals surface area contributed by atoms with Gasteiger partial charge in [0.05, 0.1) is 7.11 Å². The molecule has 1 atom stereocenters. The second-order valence-electron chi connectivity index (χ2n) is 3.98. The summed E-state index contributed by atoms with van der Waals surface area (Å²) in [5, 5.41) is 0.788. The Kier molecular flexibility index (Phi) is 5.41. The van der Waals surface area contributed by atoms with Gasteiger partial charge in [-0.2, -0.15) is 0 Å². The van der Waals surface area contributed by atoms with Gasteiger partial charge in [-0.1, -0.05) is 43.7 Å². The Labute approximate surface area is 103 Å². The van der Waals surface area contributed by atoms with E-state index in [9.17, 15) is 0 Å². The predicted molar refractivity (Wildman–Crippen MR) is 70.3 cm³/mol. The van der Waals surface area contributed by atoms with Gasteiger partial charge in [0.1, 0.15) is 5.75 Å². The third kappa shape index (κ3) is 3.90. The minimum atomic E-state index is 0.519. The van der Waals surface area contributed by atoms with Crippen LogP contribution in [0, 0.1) is 5.92 Å². The van der Waals surface area contributed by atoms with E-state index in [0.29, 0.717) is 5.92 Å². The van der Waals surface area contributed by atoms with E-state index in [-0.39, 0.29) is 0 Å². The van der Waals surface area contributed by atoms with Crippen molar-refractivity contribution in [2.24, 2.45) is 5.92 Å². The van der Waals surface area contributed by atoms with Crippen LogP contribution in [0.2, 0.25) is 5.02 Å². The van der Waals surface area contributed by atoms with Crippen LogP contribution in [0.25, 0.3) is 0 Å². The highest BCUT2D eigenvalue weighted by Gasteiger charge is 2.05. The Balaban J connectivity index is 2.70. The molecule has 0 N–H and O–H groups in total. The van der Waals surface area contributed by atoms with Gasteiger partial charge in [-0.25, -0.2) is 0 Å². The number of benzene rings is 1. The van der Waals surface area contributed by atoms with E-state index in [1.165, 1.54) is 5.56 Å². The van der Waals surface area contributed by atoms with Gasteiger partial charge in [0, 0.05) is 5.02 Å². The predicted octanol–water partition coefficient (Wildman–Crippen LogP) is 4.49. The SMILES string of the molecule is CC/C=C\C(C)Cc1ccc(OC)cc1Cl. The lowest BCUT2D eigenvalue weighted by atomic mass is 10.0. The molecule has 0 aliphatic carbocycles. The first-order chi connectivity index (χ1) is 7.67. The summed E-state index contributed by atoms with van der Waals surface area (Å²) in [6.45, 7) is 4.34. The summed E-state index contributed by atoms with van der Waals surface area (Å²) < 4.78 is 5.12. The minimum absolute atomic E-state index is 0.519. The maximum absolute atomic E-state index is 6.18. The third-order valence-electron chi connectivity index (χ3n) is 2.50. The average molecular weight is 239 g/mol. The summed E-state index contributed by atoms with van der Waals surface area (Å²) in [7, 11) is 1.65. The van der Waals surface area contributed by atoms with E-state index < -0.39 is 0 Å². The standard InChI is InChI=1S/C14H19ClO/c1-4-5-6-11(2)9-12-7-8-13(16-3)10-14(12)15/h5-8,10-11H,4,9H2,1-3H3/b6-5-. The molecular formula is C14H19ClO. The molecule has 0 aromatic heterocycles. The lowest BCUT2D eigenvalue weighted by Crippen LogP contribution is -1.97. The van der Waals surface area contributed by atoms with Gasteiger partial charge in [0.25, 0.3) is 0 Å². The average Bonchev–Trinajstić information content (AvgIpc) is 2.29. The van der Waals surface area contributed by atoms with E-state index in [4.69, 9.17) is 16.3 Å². The molecule has 1 aromatic carbocycles.